The van der Waals surface area contributed by atoms with Crippen LogP contribution in [-0.4, -0.2) is 52.2 Å². The number of carbonyl (C=O) groups is 1. The summed E-state index contributed by atoms with van der Waals surface area (Å²) in [4.78, 5) is 16.6. The Balaban J connectivity index is 1.78. The van der Waals surface area contributed by atoms with Crippen molar-refractivity contribution < 1.29 is 9.42 Å². The van der Waals surface area contributed by atoms with Crippen LogP contribution < -0.4 is 0 Å². The Bertz CT molecular complexity index is 473. The SMILES string of the molecule is Cc1nonc1CN1C[C@H]2CCC[C@@H](C1)N(C)C2=O. The van der Waals surface area contributed by atoms with Crippen molar-refractivity contribution in [1.29, 1.82) is 0 Å². The first-order valence-corrected chi connectivity index (χ1v) is 6.92. The molecule has 0 spiro atoms. The van der Waals surface area contributed by atoms with Gasteiger partial charge in [0, 0.05) is 32.7 Å². The van der Waals surface area contributed by atoms with E-state index in [0.29, 0.717) is 11.9 Å². The Hall–Kier alpha value is -1.43. The number of aromatic nitrogens is 2. The number of hydrogen-bond donors (Lipinski definition) is 0. The van der Waals surface area contributed by atoms with Crippen molar-refractivity contribution in [2.24, 2.45) is 5.92 Å². The summed E-state index contributed by atoms with van der Waals surface area (Å²) in [6, 6.07) is 0.333. The topological polar surface area (TPSA) is 62.5 Å². The van der Waals surface area contributed by atoms with Crippen LogP contribution in [-0.2, 0) is 11.3 Å². The number of rotatable bonds is 2. The molecule has 19 heavy (non-hydrogen) atoms. The van der Waals surface area contributed by atoms with Crippen LogP contribution in [0.5, 0.6) is 0 Å². The Morgan fingerprint density at radius 1 is 1.32 bits per heavy atom. The molecule has 0 radical (unpaired) electrons. The lowest BCUT2D eigenvalue weighted by Gasteiger charge is -2.28. The van der Waals surface area contributed by atoms with Gasteiger partial charge in [-0.1, -0.05) is 16.7 Å². The normalized spacial score (nSPS) is 28.5. The number of nitrogens with zero attached hydrogens (tertiary/aromatic N) is 4. The van der Waals surface area contributed by atoms with Crippen LogP contribution in [0.4, 0.5) is 0 Å². The fourth-order valence-corrected chi connectivity index (χ4v) is 3.19. The lowest BCUT2D eigenvalue weighted by Crippen LogP contribution is -2.40. The van der Waals surface area contributed by atoms with Crippen LogP contribution in [0.1, 0.15) is 30.7 Å². The molecule has 2 aliphatic heterocycles. The largest absolute Gasteiger partial charge is 0.341 e. The first-order valence-electron chi connectivity index (χ1n) is 6.92. The first-order chi connectivity index (χ1) is 9.15. The third kappa shape index (κ3) is 2.36. The molecule has 0 N–H and O–H groups in total. The molecule has 2 aliphatic rings. The number of carbonyl (C=O) groups excluding carboxylic acids is 1. The summed E-state index contributed by atoms with van der Waals surface area (Å²) in [6.07, 6.45) is 3.27. The van der Waals surface area contributed by atoms with Gasteiger partial charge in [0.15, 0.2) is 0 Å². The Morgan fingerprint density at radius 2 is 2.16 bits per heavy atom. The molecule has 2 saturated heterocycles. The molecule has 3 rings (SSSR count). The van der Waals surface area contributed by atoms with Gasteiger partial charge in [-0.25, -0.2) is 4.63 Å². The monoisotopic (exact) mass is 264 g/mol. The summed E-state index contributed by atoms with van der Waals surface area (Å²) in [5.41, 5.74) is 1.73. The van der Waals surface area contributed by atoms with Gasteiger partial charge in [0.25, 0.3) is 0 Å². The predicted octanol–water partition coefficient (Wildman–Crippen LogP) is 0.821. The molecule has 0 saturated carbocycles. The zero-order valence-electron chi connectivity index (χ0n) is 11.5. The van der Waals surface area contributed by atoms with E-state index in [4.69, 9.17) is 4.63 Å². The molecule has 3 heterocycles. The van der Waals surface area contributed by atoms with Gasteiger partial charge in [-0.2, -0.15) is 0 Å². The maximum Gasteiger partial charge on any atom is 0.227 e. The van der Waals surface area contributed by atoms with Gasteiger partial charge in [-0.05, 0) is 19.8 Å². The zero-order chi connectivity index (χ0) is 13.4. The van der Waals surface area contributed by atoms with Crippen LogP contribution in [0.3, 0.4) is 0 Å². The summed E-state index contributed by atoms with van der Waals surface area (Å²) in [5, 5.41) is 7.76. The number of likely N-dealkylation sites (tertiary alicyclic amines) is 1. The molecule has 0 aliphatic carbocycles. The third-order valence-electron chi connectivity index (χ3n) is 4.40. The summed E-state index contributed by atoms with van der Waals surface area (Å²) in [5.74, 6) is 0.442. The molecular formula is C13H20N4O2. The first kappa shape index (κ1) is 12.6. The van der Waals surface area contributed by atoms with E-state index < -0.39 is 0 Å². The average molecular weight is 264 g/mol. The van der Waals surface area contributed by atoms with E-state index >= 15 is 0 Å². The number of hydrogen-bond acceptors (Lipinski definition) is 5. The summed E-state index contributed by atoms with van der Waals surface area (Å²) >= 11 is 0. The fourth-order valence-electron chi connectivity index (χ4n) is 3.19. The molecule has 2 fully saturated rings. The van der Waals surface area contributed by atoms with Crippen LogP contribution >= 0.6 is 0 Å². The Labute approximate surface area is 112 Å². The lowest BCUT2D eigenvalue weighted by molar-refractivity contribution is -0.134. The molecule has 0 unspecified atom stereocenters. The highest BCUT2D eigenvalue weighted by atomic mass is 16.6. The lowest BCUT2D eigenvalue weighted by atomic mass is 9.99. The maximum atomic E-state index is 12.3. The number of amides is 1. The van der Waals surface area contributed by atoms with Gasteiger partial charge in [-0.3, -0.25) is 9.69 Å². The molecule has 6 heteroatoms. The van der Waals surface area contributed by atoms with E-state index in [1.54, 1.807) is 0 Å². The van der Waals surface area contributed by atoms with Crippen LogP contribution in [0.25, 0.3) is 0 Å². The highest BCUT2D eigenvalue weighted by Crippen LogP contribution is 2.27. The second kappa shape index (κ2) is 4.92. The molecule has 0 aromatic carbocycles. The molecule has 2 bridgehead atoms. The van der Waals surface area contributed by atoms with Gasteiger partial charge in [0.05, 0.1) is 5.92 Å². The minimum atomic E-state index is 0.137. The Kier molecular flexibility index (Phi) is 3.26. The quantitative estimate of drug-likeness (QED) is 0.791. The molecule has 1 aromatic heterocycles. The van der Waals surface area contributed by atoms with Gasteiger partial charge in [0.1, 0.15) is 11.4 Å². The van der Waals surface area contributed by atoms with E-state index in [0.717, 1.165) is 50.3 Å². The average Bonchev–Trinajstić information content (AvgIpc) is 2.66. The second-order valence-corrected chi connectivity index (χ2v) is 5.72. The van der Waals surface area contributed by atoms with Gasteiger partial charge in [-0.15, -0.1) is 0 Å². The van der Waals surface area contributed by atoms with E-state index in [1.165, 1.54) is 0 Å². The van der Waals surface area contributed by atoms with Gasteiger partial charge in [0.2, 0.25) is 5.91 Å². The number of likely N-dealkylation sites (N-methyl/N-ethyl adjacent to an activating group) is 1. The Morgan fingerprint density at radius 3 is 2.89 bits per heavy atom. The third-order valence-corrected chi connectivity index (χ3v) is 4.40. The summed E-state index contributed by atoms with van der Waals surface area (Å²) < 4.78 is 4.75. The van der Waals surface area contributed by atoms with Crippen LogP contribution in [0, 0.1) is 12.8 Å². The standard InChI is InChI=1S/C13H20N4O2/c1-9-12(15-19-14-9)8-17-6-10-4-3-5-11(7-17)16(2)13(10)18/h10-11H,3-8H2,1-2H3/t10-,11+/m1/s1. The van der Waals surface area contributed by atoms with Crippen LogP contribution in [0.15, 0.2) is 4.63 Å². The summed E-state index contributed by atoms with van der Waals surface area (Å²) in [6.45, 7) is 4.38. The molecular weight excluding hydrogens is 244 g/mol. The smallest absolute Gasteiger partial charge is 0.227 e. The van der Waals surface area contributed by atoms with Crippen molar-refractivity contribution in [2.45, 2.75) is 38.8 Å². The maximum absolute atomic E-state index is 12.3. The van der Waals surface area contributed by atoms with E-state index in [9.17, 15) is 4.79 Å². The van der Waals surface area contributed by atoms with E-state index in [-0.39, 0.29) is 5.92 Å². The van der Waals surface area contributed by atoms with Crippen molar-refractivity contribution in [3.63, 3.8) is 0 Å². The second-order valence-electron chi connectivity index (χ2n) is 5.72. The van der Waals surface area contributed by atoms with Crippen molar-refractivity contribution >= 4 is 5.91 Å². The predicted molar refractivity (Wildman–Crippen MR) is 68.2 cm³/mol. The van der Waals surface area contributed by atoms with Gasteiger partial charge < -0.3 is 4.90 Å². The fraction of sp³-hybridized carbons (Fsp3) is 0.769. The number of aryl methyl sites for hydroxylation is 1. The summed E-state index contributed by atoms with van der Waals surface area (Å²) in [7, 11) is 1.94. The zero-order valence-corrected chi connectivity index (χ0v) is 11.5. The molecule has 2 atom stereocenters. The van der Waals surface area contributed by atoms with Crippen molar-refractivity contribution in [2.75, 3.05) is 20.1 Å². The highest BCUT2D eigenvalue weighted by molar-refractivity contribution is 5.79. The van der Waals surface area contributed by atoms with Gasteiger partial charge >= 0.3 is 0 Å². The minimum Gasteiger partial charge on any atom is -0.341 e. The van der Waals surface area contributed by atoms with Crippen molar-refractivity contribution in [3.05, 3.63) is 11.4 Å². The number of fused-ring (bicyclic) bond motifs is 3. The molecule has 1 aromatic rings. The van der Waals surface area contributed by atoms with E-state index in [1.807, 2.05) is 18.9 Å². The highest BCUT2D eigenvalue weighted by Gasteiger charge is 2.36. The van der Waals surface area contributed by atoms with Crippen molar-refractivity contribution in [1.82, 2.24) is 20.1 Å². The van der Waals surface area contributed by atoms with E-state index in [2.05, 4.69) is 15.2 Å². The van der Waals surface area contributed by atoms with Crippen LogP contribution in [0.2, 0.25) is 0 Å². The molecule has 1 amide bonds. The minimum absolute atomic E-state index is 0.137. The molecule has 6 nitrogen and oxygen atoms in total. The van der Waals surface area contributed by atoms with Crippen molar-refractivity contribution in [3.8, 4) is 0 Å². The molecule has 104 valence electrons.